The maximum Gasteiger partial charge on any atom is -0.00773 e. The van der Waals surface area contributed by atoms with E-state index < -0.39 is 0 Å². The summed E-state index contributed by atoms with van der Waals surface area (Å²) in [7, 11) is 0. The van der Waals surface area contributed by atoms with Gasteiger partial charge in [0.25, 0.3) is 0 Å². The zero-order valence-electron chi connectivity index (χ0n) is 5.81. The third kappa shape index (κ3) is 11.8. The number of nitrogens with two attached hydrogens (primary N) is 2. The highest BCUT2D eigenvalue weighted by Crippen LogP contribution is 1.95. The molecule has 3 heteroatoms. The summed E-state index contributed by atoms with van der Waals surface area (Å²) in [6.45, 7) is 1.65. The molecule has 0 aliphatic rings. The SMILES string of the molecule is Br.NCCCCCCN. The van der Waals surface area contributed by atoms with Gasteiger partial charge in [0.15, 0.2) is 0 Å². The average Bonchev–Trinajstić information content (AvgIpc) is 1.81. The van der Waals surface area contributed by atoms with Crippen LogP contribution in [-0.4, -0.2) is 13.1 Å². The predicted molar refractivity (Wildman–Crippen MR) is 46.9 cm³/mol. The lowest BCUT2D eigenvalue weighted by atomic mass is 10.2. The Morgan fingerprint density at radius 2 is 1.00 bits per heavy atom. The maximum atomic E-state index is 5.28. The van der Waals surface area contributed by atoms with Crippen molar-refractivity contribution in [3.63, 3.8) is 0 Å². The van der Waals surface area contributed by atoms with E-state index in [9.17, 15) is 0 Å². The summed E-state index contributed by atoms with van der Waals surface area (Å²) in [4.78, 5) is 0. The molecule has 0 fully saturated rings. The first-order valence-electron chi connectivity index (χ1n) is 3.32. The van der Waals surface area contributed by atoms with Gasteiger partial charge in [0.05, 0.1) is 0 Å². The molecule has 0 aromatic rings. The van der Waals surface area contributed by atoms with Crippen molar-refractivity contribution in [2.24, 2.45) is 11.5 Å². The van der Waals surface area contributed by atoms with Crippen molar-refractivity contribution >= 4 is 17.0 Å². The molecule has 9 heavy (non-hydrogen) atoms. The van der Waals surface area contributed by atoms with Gasteiger partial charge in [0.1, 0.15) is 0 Å². The van der Waals surface area contributed by atoms with Crippen molar-refractivity contribution in [1.82, 2.24) is 0 Å². The second kappa shape index (κ2) is 11.2. The molecule has 0 radical (unpaired) electrons. The molecular weight excluding hydrogens is 180 g/mol. The van der Waals surface area contributed by atoms with Gasteiger partial charge in [-0.1, -0.05) is 12.8 Å². The van der Waals surface area contributed by atoms with Crippen molar-refractivity contribution in [2.45, 2.75) is 25.7 Å². The van der Waals surface area contributed by atoms with Crippen LogP contribution in [0, 0.1) is 0 Å². The topological polar surface area (TPSA) is 52.0 Å². The van der Waals surface area contributed by atoms with Crippen LogP contribution in [-0.2, 0) is 0 Å². The van der Waals surface area contributed by atoms with E-state index in [1.54, 1.807) is 0 Å². The van der Waals surface area contributed by atoms with Crippen molar-refractivity contribution in [3.8, 4) is 0 Å². The molecule has 0 amide bonds. The summed E-state index contributed by atoms with van der Waals surface area (Å²) in [6.07, 6.45) is 4.79. The molecule has 0 spiro atoms. The fourth-order valence-electron chi connectivity index (χ4n) is 0.642. The number of halogens is 1. The Bertz CT molecular complexity index is 36.0. The van der Waals surface area contributed by atoms with E-state index in [1.165, 1.54) is 12.8 Å². The molecule has 0 saturated heterocycles. The van der Waals surface area contributed by atoms with Crippen molar-refractivity contribution in [2.75, 3.05) is 13.1 Å². The largest absolute Gasteiger partial charge is 0.330 e. The van der Waals surface area contributed by atoms with Crippen LogP contribution < -0.4 is 11.5 Å². The van der Waals surface area contributed by atoms with Crippen LogP contribution in [0.3, 0.4) is 0 Å². The molecule has 0 aromatic heterocycles. The number of hydrogen-bond acceptors (Lipinski definition) is 2. The Kier molecular flexibility index (Phi) is 15.1. The first-order valence-corrected chi connectivity index (χ1v) is 3.32. The summed E-state index contributed by atoms with van der Waals surface area (Å²) in [6, 6.07) is 0. The predicted octanol–water partition coefficient (Wildman–Crippen LogP) is 1.04. The minimum atomic E-state index is 0. The molecular formula is C6H17BrN2. The molecule has 0 heterocycles. The summed E-state index contributed by atoms with van der Waals surface area (Å²) in [5.41, 5.74) is 10.6. The Hall–Kier alpha value is 0.400. The lowest BCUT2D eigenvalue weighted by molar-refractivity contribution is 0.653. The fraction of sp³-hybridized carbons (Fsp3) is 1.00. The van der Waals surface area contributed by atoms with E-state index >= 15 is 0 Å². The number of unbranched alkanes of at least 4 members (excludes halogenated alkanes) is 3. The second-order valence-corrected chi connectivity index (χ2v) is 1.99. The molecule has 0 atom stereocenters. The van der Waals surface area contributed by atoms with Gasteiger partial charge in [0, 0.05) is 0 Å². The maximum absolute atomic E-state index is 5.28. The van der Waals surface area contributed by atoms with Crippen LogP contribution in [0.5, 0.6) is 0 Å². The molecule has 0 rings (SSSR count). The van der Waals surface area contributed by atoms with Crippen molar-refractivity contribution in [1.29, 1.82) is 0 Å². The standard InChI is InChI=1S/C6H16N2.BrH/c7-5-3-1-2-4-6-8;/h1-8H2;1H. The van der Waals surface area contributed by atoms with Crippen LogP contribution in [0.15, 0.2) is 0 Å². The van der Waals surface area contributed by atoms with Crippen molar-refractivity contribution < 1.29 is 0 Å². The number of rotatable bonds is 5. The molecule has 0 bridgehead atoms. The van der Waals surface area contributed by atoms with E-state index in [-0.39, 0.29) is 17.0 Å². The van der Waals surface area contributed by atoms with Crippen LogP contribution >= 0.6 is 17.0 Å². The van der Waals surface area contributed by atoms with Gasteiger partial charge in [-0.15, -0.1) is 17.0 Å². The normalized spacial score (nSPS) is 8.67. The smallest absolute Gasteiger partial charge is 0.00773 e. The Morgan fingerprint density at radius 1 is 0.667 bits per heavy atom. The Morgan fingerprint density at radius 3 is 1.22 bits per heavy atom. The van der Waals surface area contributed by atoms with Gasteiger partial charge in [-0.2, -0.15) is 0 Å². The van der Waals surface area contributed by atoms with Crippen LogP contribution in [0.4, 0.5) is 0 Å². The second-order valence-electron chi connectivity index (χ2n) is 1.99. The highest BCUT2D eigenvalue weighted by atomic mass is 79.9. The Balaban J connectivity index is 0. The summed E-state index contributed by atoms with van der Waals surface area (Å²) < 4.78 is 0. The van der Waals surface area contributed by atoms with Crippen LogP contribution in [0.2, 0.25) is 0 Å². The van der Waals surface area contributed by atoms with E-state index in [0.717, 1.165) is 25.9 Å². The van der Waals surface area contributed by atoms with Gasteiger partial charge in [-0.25, -0.2) is 0 Å². The van der Waals surface area contributed by atoms with Gasteiger partial charge < -0.3 is 11.5 Å². The molecule has 0 aliphatic heterocycles. The van der Waals surface area contributed by atoms with E-state index in [1.807, 2.05) is 0 Å². The lowest BCUT2D eigenvalue weighted by Crippen LogP contribution is -2.00. The van der Waals surface area contributed by atoms with Gasteiger partial charge in [-0.3, -0.25) is 0 Å². The first kappa shape index (κ1) is 12.1. The number of hydrogen-bond donors (Lipinski definition) is 2. The van der Waals surface area contributed by atoms with E-state index in [4.69, 9.17) is 11.5 Å². The zero-order valence-corrected chi connectivity index (χ0v) is 7.52. The summed E-state index contributed by atoms with van der Waals surface area (Å²) >= 11 is 0. The fourth-order valence-corrected chi connectivity index (χ4v) is 0.642. The minimum Gasteiger partial charge on any atom is -0.330 e. The zero-order chi connectivity index (χ0) is 6.24. The lowest BCUT2D eigenvalue weighted by Gasteiger charge is -1.94. The third-order valence-corrected chi connectivity index (χ3v) is 1.16. The van der Waals surface area contributed by atoms with Crippen molar-refractivity contribution in [3.05, 3.63) is 0 Å². The van der Waals surface area contributed by atoms with Gasteiger partial charge in [0.2, 0.25) is 0 Å². The molecule has 0 aliphatic carbocycles. The molecule has 4 N–H and O–H groups in total. The van der Waals surface area contributed by atoms with Crippen LogP contribution in [0.25, 0.3) is 0 Å². The third-order valence-electron chi connectivity index (χ3n) is 1.16. The molecule has 2 nitrogen and oxygen atoms in total. The van der Waals surface area contributed by atoms with Crippen LogP contribution in [0.1, 0.15) is 25.7 Å². The quantitative estimate of drug-likeness (QED) is 0.647. The molecule has 58 valence electrons. The Labute approximate surface area is 67.8 Å². The average molecular weight is 197 g/mol. The van der Waals surface area contributed by atoms with Gasteiger partial charge in [-0.05, 0) is 25.9 Å². The van der Waals surface area contributed by atoms with Gasteiger partial charge >= 0.3 is 0 Å². The molecule has 0 unspecified atom stereocenters. The van der Waals surface area contributed by atoms with E-state index in [0.29, 0.717) is 0 Å². The monoisotopic (exact) mass is 196 g/mol. The molecule has 0 aromatic carbocycles. The molecule has 0 saturated carbocycles. The summed E-state index contributed by atoms with van der Waals surface area (Å²) in [5, 5.41) is 0. The highest BCUT2D eigenvalue weighted by molar-refractivity contribution is 8.93. The van der Waals surface area contributed by atoms with E-state index in [2.05, 4.69) is 0 Å². The summed E-state index contributed by atoms with van der Waals surface area (Å²) in [5.74, 6) is 0. The highest BCUT2D eigenvalue weighted by Gasteiger charge is 1.83. The minimum absolute atomic E-state index is 0. The first-order chi connectivity index (χ1) is 3.91.